The second-order valence-electron chi connectivity index (χ2n) is 5.35. The molecular weight excluding hydrogens is 232 g/mol. The van der Waals surface area contributed by atoms with E-state index in [1.54, 1.807) is 17.0 Å². The molecular formula is C13H16N2O3. The zero-order valence-corrected chi connectivity index (χ0v) is 10.5. The molecule has 96 valence electrons. The van der Waals surface area contributed by atoms with Crippen LogP contribution in [0.1, 0.15) is 41.2 Å². The Morgan fingerprint density at radius 1 is 1.33 bits per heavy atom. The number of pyridine rings is 1. The molecule has 0 saturated carbocycles. The molecule has 1 amide bonds. The van der Waals surface area contributed by atoms with Gasteiger partial charge in [-0.25, -0.2) is 9.78 Å². The van der Waals surface area contributed by atoms with Gasteiger partial charge in [0.1, 0.15) is 11.4 Å². The molecule has 2 heterocycles. The van der Waals surface area contributed by atoms with Crippen LogP contribution in [-0.4, -0.2) is 40.0 Å². The average molecular weight is 248 g/mol. The molecule has 1 N–H and O–H groups in total. The lowest BCUT2D eigenvalue weighted by atomic mass is 9.93. The summed E-state index contributed by atoms with van der Waals surface area (Å²) in [4.78, 5) is 28.6. The van der Waals surface area contributed by atoms with Crippen LogP contribution in [0.4, 0.5) is 0 Å². The van der Waals surface area contributed by atoms with Crippen LogP contribution < -0.4 is 0 Å². The maximum atomic E-state index is 12.2. The molecule has 1 aliphatic heterocycles. The molecule has 0 unspecified atom stereocenters. The number of hydrogen-bond donors (Lipinski definition) is 1. The van der Waals surface area contributed by atoms with Crippen molar-refractivity contribution in [2.75, 3.05) is 13.1 Å². The van der Waals surface area contributed by atoms with E-state index in [0.717, 1.165) is 6.42 Å². The van der Waals surface area contributed by atoms with Crippen LogP contribution in [0.3, 0.4) is 0 Å². The van der Waals surface area contributed by atoms with Gasteiger partial charge in [-0.3, -0.25) is 4.79 Å². The molecule has 1 saturated heterocycles. The fraction of sp³-hybridized carbons (Fsp3) is 0.462. The summed E-state index contributed by atoms with van der Waals surface area (Å²) in [5, 5.41) is 8.85. The van der Waals surface area contributed by atoms with Crippen LogP contribution in [0.2, 0.25) is 0 Å². The number of aromatic carboxylic acids is 1. The predicted octanol–water partition coefficient (Wildman–Crippen LogP) is 1.65. The van der Waals surface area contributed by atoms with Crippen LogP contribution in [0, 0.1) is 5.41 Å². The zero-order valence-electron chi connectivity index (χ0n) is 10.5. The van der Waals surface area contributed by atoms with Gasteiger partial charge in [0.15, 0.2) is 0 Å². The summed E-state index contributed by atoms with van der Waals surface area (Å²) < 4.78 is 0. The molecule has 1 fully saturated rings. The van der Waals surface area contributed by atoms with E-state index in [4.69, 9.17) is 5.11 Å². The van der Waals surface area contributed by atoms with E-state index in [-0.39, 0.29) is 22.7 Å². The molecule has 1 aliphatic rings. The van der Waals surface area contributed by atoms with Crippen molar-refractivity contribution >= 4 is 11.9 Å². The van der Waals surface area contributed by atoms with Crippen molar-refractivity contribution in [3.63, 3.8) is 0 Å². The number of amides is 1. The SMILES string of the molecule is CC1(C)CCN(C(=O)c2cccc(C(=O)O)n2)C1. The number of aromatic nitrogens is 1. The van der Waals surface area contributed by atoms with Crippen molar-refractivity contribution in [3.8, 4) is 0 Å². The molecule has 5 heteroatoms. The molecule has 5 nitrogen and oxygen atoms in total. The van der Waals surface area contributed by atoms with Gasteiger partial charge in [0.2, 0.25) is 0 Å². The van der Waals surface area contributed by atoms with E-state index in [9.17, 15) is 9.59 Å². The number of hydrogen-bond acceptors (Lipinski definition) is 3. The molecule has 2 rings (SSSR count). The highest BCUT2D eigenvalue weighted by Gasteiger charge is 2.32. The first kappa shape index (κ1) is 12.5. The summed E-state index contributed by atoms with van der Waals surface area (Å²) in [6, 6.07) is 4.48. The topological polar surface area (TPSA) is 70.5 Å². The summed E-state index contributed by atoms with van der Waals surface area (Å²) in [6.45, 7) is 5.61. The maximum Gasteiger partial charge on any atom is 0.354 e. The summed E-state index contributed by atoms with van der Waals surface area (Å²) in [5.41, 5.74) is 0.229. The van der Waals surface area contributed by atoms with Crippen molar-refractivity contribution < 1.29 is 14.7 Å². The molecule has 1 aromatic rings. The molecule has 1 aromatic heterocycles. The third-order valence-corrected chi connectivity index (χ3v) is 3.15. The van der Waals surface area contributed by atoms with Crippen molar-refractivity contribution in [1.29, 1.82) is 0 Å². The number of nitrogens with zero attached hydrogens (tertiary/aromatic N) is 2. The third-order valence-electron chi connectivity index (χ3n) is 3.15. The van der Waals surface area contributed by atoms with E-state index in [1.807, 2.05) is 0 Å². The van der Waals surface area contributed by atoms with Gasteiger partial charge in [0.25, 0.3) is 5.91 Å². The molecule has 0 atom stereocenters. The van der Waals surface area contributed by atoms with Crippen molar-refractivity contribution in [1.82, 2.24) is 9.88 Å². The molecule has 0 aromatic carbocycles. The Morgan fingerprint density at radius 3 is 2.56 bits per heavy atom. The molecule has 0 spiro atoms. The average Bonchev–Trinajstić information content (AvgIpc) is 2.69. The minimum Gasteiger partial charge on any atom is -0.477 e. The highest BCUT2D eigenvalue weighted by atomic mass is 16.4. The monoisotopic (exact) mass is 248 g/mol. The van der Waals surface area contributed by atoms with Gasteiger partial charge in [-0.15, -0.1) is 0 Å². The number of carboxylic acids is 1. The second kappa shape index (κ2) is 4.40. The Hall–Kier alpha value is -1.91. The van der Waals surface area contributed by atoms with Crippen molar-refractivity contribution in [2.45, 2.75) is 20.3 Å². The third kappa shape index (κ3) is 2.50. The summed E-state index contributed by atoms with van der Waals surface area (Å²) in [7, 11) is 0. The molecule has 0 radical (unpaired) electrons. The fourth-order valence-electron chi connectivity index (χ4n) is 2.12. The van der Waals surface area contributed by atoms with Crippen LogP contribution in [0.15, 0.2) is 18.2 Å². The lowest BCUT2D eigenvalue weighted by Crippen LogP contribution is -2.31. The molecule has 18 heavy (non-hydrogen) atoms. The predicted molar refractivity (Wildman–Crippen MR) is 65.5 cm³/mol. The molecule has 0 aliphatic carbocycles. The van der Waals surface area contributed by atoms with E-state index in [0.29, 0.717) is 13.1 Å². The minimum atomic E-state index is -1.12. The van der Waals surface area contributed by atoms with Crippen molar-refractivity contribution in [3.05, 3.63) is 29.6 Å². The van der Waals surface area contributed by atoms with E-state index in [2.05, 4.69) is 18.8 Å². The summed E-state index contributed by atoms with van der Waals surface area (Å²) >= 11 is 0. The smallest absolute Gasteiger partial charge is 0.354 e. The Morgan fingerprint density at radius 2 is 2.00 bits per heavy atom. The lowest BCUT2D eigenvalue weighted by molar-refractivity contribution is 0.0690. The first-order chi connectivity index (χ1) is 8.39. The summed E-state index contributed by atoms with van der Waals surface area (Å²) in [5.74, 6) is -1.31. The Kier molecular flexibility index (Phi) is 3.07. The van der Waals surface area contributed by atoms with Gasteiger partial charge in [0.05, 0.1) is 0 Å². The fourth-order valence-corrected chi connectivity index (χ4v) is 2.12. The lowest BCUT2D eigenvalue weighted by Gasteiger charge is -2.19. The van der Waals surface area contributed by atoms with Crippen LogP contribution >= 0.6 is 0 Å². The van der Waals surface area contributed by atoms with E-state index in [1.165, 1.54) is 6.07 Å². The van der Waals surface area contributed by atoms with Gasteiger partial charge in [0, 0.05) is 13.1 Å². The largest absolute Gasteiger partial charge is 0.477 e. The highest BCUT2D eigenvalue weighted by molar-refractivity contribution is 5.94. The standard InChI is InChI=1S/C13H16N2O3/c1-13(2)6-7-15(8-13)11(16)9-4-3-5-10(14-9)12(17)18/h3-5H,6-8H2,1-2H3,(H,17,18). The highest BCUT2D eigenvalue weighted by Crippen LogP contribution is 2.29. The van der Waals surface area contributed by atoms with Gasteiger partial charge >= 0.3 is 5.97 Å². The number of carbonyl (C=O) groups is 2. The first-order valence-electron chi connectivity index (χ1n) is 5.89. The Balaban J connectivity index is 2.19. The maximum absolute atomic E-state index is 12.2. The normalized spacial score (nSPS) is 17.8. The summed E-state index contributed by atoms with van der Waals surface area (Å²) in [6.07, 6.45) is 0.956. The van der Waals surface area contributed by atoms with Crippen LogP contribution in [-0.2, 0) is 0 Å². The van der Waals surface area contributed by atoms with Crippen LogP contribution in [0.25, 0.3) is 0 Å². The Labute approximate surface area is 105 Å². The number of carboxylic acid groups (broad SMARTS) is 1. The molecule has 0 bridgehead atoms. The van der Waals surface area contributed by atoms with E-state index < -0.39 is 5.97 Å². The van der Waals surface area contributed by atoms with Gasteiger partial charge in [-0.1, -0.05) is 19.9 Å². The van der Waals surface area contributed by atoms with Gasteiger partial charge in [-0.05, 0) is 24.0 Å². The van der Waals surface area contributed by atoms with Gasteiger partial charge < -0.3 is 10.0 Å². The zero-order chi connectivity index (χ0) is 13.3. The Bertz CT molecular complexity index is 497. The van der Waals surface area contributed by atoms with Crippen molar-refractivity contribution in [2.24, 2.45) is 5.41 Å². The number of likely N-dealkylation sites (tertiary alicyclic amines) is 1. The minimum absolute atomic E-state index is 0.0979. The second-order valence-corrected chi connectivity index (χ2v) is 5.35. The first-order valence-corrected chi connectivity index (χ1v) is 5.89. The number of rotatable bonds is 2. The number of carbonyl (C=O) groups excluding carboxylic acids is 1. The van der Waals surface area contributed by atoms with Gasteiger partial charge in [-0.2, -0.15) is 0 Å². The quantitative estimate of drug-likeness (QED) is 0.864. The van der Waals surface area contributed by atoms with Crippen LogP contribution in [0.5, 0.6) is 0 Å². The van der Waals surface area contributed by atoms with E-state index >= 15 is 0 Å².